The van der Waals surface area contributed by atoms with Gasteiger partial charge in [0.2, 0.25) is 0 Å². The summed E-state index contributed by atoms with van der Waals surface area (Å²) < 4.78 is 0. The van der Waals surface area contributed by atoms with Crippen molar-refractivity contribution in [2.24, 2.45) is 11.7 Å². The van der Waals surface area contributed by atoms with Crippen LogP contribution in [-0.4, -0.2) is 5.54 Å². The van der Waals surface area contributed by atoms with Gasteiger partial charge in [-0.1, -0.05) is 6.42 Å². The van der Waals surface area contributed by atoms with Crippen molar-refractivity contribution in [1.29, 1.82) is 5.26 Å². The van der Waals surface area contributed by atoms with Crippen molar-refractivity contribution in [2.45, 2.75) is 31.7 Å². The third kappa shape index (κ3) is 1.06. The average molecular weight is 124 g/mol. The van der Waals surface area contributed by atoms with Gasteiger partial charge in [-0.05, 0) is 25.7 Å². The van der Waals surface area contributed by atoms with Crippen LogP contribution < -0.4 is 5.73 Å². The van der Waals surface area contributed by atoms with Gasteiger partial charge in [0.1, 0.15) is 5.54 Å². The molecule has 1 atom stereocenters. The van der Waals surface area contributed by atoms with Crippen molar-refractivity contribution in [3.05, 3.63) is 0 Å². The molecular formula is C7H12N2. The Morgan fingerprint density at radius 1 is 1.67 bits per heavy atom. The van der Waals surface area contributed by atoms with Crippen molar-refractivity contribution < 1.29 is 0 Å². The first-order valence-corrected chi connectivity index (χ1v) is 3.37. The van der Waals surface area contributed by atoms with Crippen molar-refractivity contribution in [1.82, 2.24) is 0 Å². The van der Waals surface area contributed by atoms with Gasteiger partial charge in [0.15, 0.2) is 0 Å². The number of nitrogens with two attached hydrogens (primary N) is 1. The quantitative estimate of drug-likeness (QED) is 0.567. The Kier molecular flexibility index (Phi) is 1.46. The molecule has 1 aliphatic carbocycles. The van der Waals surface area contributed by atoms with E-state index in [9.17, 15) is 0 Å². The summed E-state index contributed by atoms with van der Waals surface area (Å²) in [6.07, 6.45) is 3.53. The first kappa shape index (κ1) is 6.57. The molecule has 9 heavy (non-hydrogen) atoms. The monoisotopic (exact) mass is 124 g/mol. The first-order valence-electron chi connectivity index (χ1n) is 3.37. The van der Waals surface area contributed by atoms with Crippen molar-refractivity contribution >= 4 is 0 Å². The molecule has 0 aliphatic heterocycles. The molecule has 1 aliphatic rings. The first-order chi connectivity index (χ1) is 4.17. The van der Waals surface area contributed by atoms with Crippen LogP contribution in [0, 0.1) is 17.2 Å². The van der Waals surface area contributed by atoms with E-state index in [1.165, 1.54) is 6.42 Å². The van der Waals surface area contributed by atoms with Crippen LogP contribution in [0.2, 0.25) is 0 Å². The van der Waals surface area contributed by atoms with Crippen molar-refractivity contribution in [2.75, 3.05) is 0 Å². The Bertz CT molecular complexity index is 139. The van der Waals surface area contributed by atoms with Gasteiger partial charge in [0, 0.05) is 0 Å². The van der Waals surface area contributed by atoms with Crippen molar-refractivity contribution in [3.63, 3.8) is 0 Å². The highest BCUT2D eigenvalue weighted by Gasteiger charge is 2.34. The molecule has 0 spiro atoms. The van der Waals surface area contributed by atoms with E-state index in [0.29, 0.717) is 5.92 Å². The smallest absolute Gasteiger partial charge is 0.104 e. The highest BCUT2D eigenvalue weighted by Crippen LogP contribution is 2.33. The van der Waals surface area contributed by atoms with Crippen LogP contribution in [0.15, 0.2) is 0 Å². The van der Waals surface area contributed by atoms with Crippen LogP contribution in [0.1, 0.15) is 26.2 Å². The molecule has 50 valence electrons. The number of nitriles is 1. The third-order valence-electron chi connectivity index (χ3n) is 2.19. The fourth-order valence-corrected chi connectivity index (χ4v) is 1.10. The molecule has 0 saturated heterocycles. The largest absolute Gasteiger partial charge is 0.313 e. The van der Waals surface area contributed by atoms with E-state index in [4.69, 9.17) is 11.0 Å². The van der Waals surface area contributed by atoms with Crippen LogP contribution in [0.3, 0.4) is 0 Å². The molecule has 1 saturated carbocycles. The van der Waals surface area contributed by atoms with Crippen LogP contribution in [0.25, 0.3) is 0 Å². The topological polar surface area (TPSA) is 49.8 Å². The van der Waals surface area contributed by atoms with Crippen molar-refractivity contribution in [3.8, 4) is 6.07 Å². The van der Waals surface area contributed by atoms with Gasteiger partial charge < -0.3 is 5.73 Å². The minimum absolute atomic E-state index is 0.461. The molecule has 0 heterocycles. The summed E-state index contributed by atoms with van der Waals surface area (Å²) in [7, 11) is 0. The summed E-state index contributed by atoms with van der Waals surface area (Å²) in [5, 5.41) is 8.55. The maximum atomic E-state index is 8.55. The third-order valence-corrected chi connectivity index (χ3v) is 2.19. The molecule has 1 fully saturated rings. The van der Waals surface area contributed by atoms with Gasteiger partial charge >= 0.3 is 0 Å². The van der Waals surface area contributed by atoms with E-state index >= 15 is 0 Å². The van der Waals surface area contributed by atoms with E-state index in [-0.39, 0.29) is 0 Å². The summed E-state index contributed by atoms with van der Waals surface area (Å²) in [5.74, 6) is 0.461. The minimum atomic E-state index is -0.557. The van der Waals surface area contributed by atoms with Gasteiger partial charge in [0.25, 0.3) is 0 Å². The molecular weight excluding hydrogens is 112 g/mol. The van der Waals surface area contributed by atoms with E-state index in [1.807, 2.05) is 6.92 Å². The molecule has 0 radical (unpaired) electrons. The lowest BCUT2D eigenvalue weighted by Crippen LogP contribution is -2.45. The zero-order chi connectivity index (χ0) is 6.91. The van der Waals surface area contributed by atoms with E-state index in [2.05, 4.69) is 6.07 Å². The lowest BCUT2D eigenvalue weighted by molar-refractivity contribution is 0.227. The Balaban J connectivity index is 2.50. The van der Waals surface area contributed by atoms with Gasteiger partial charge in [0.05, 0.1) is 6.07 Å². The molecule has 0 amide bonds. The predicted octanol–water partition coefficient (Wildman–Crippen LogP) is 1.03. The molecule has 0 aromatic rings. The zero-order valence-electron chi connectivity index (χ0n) is 5.72. The molecule has 2 nitrogen and oxygen atoms in total. The Morgan fingerprint density at radius 2 is 2.22 bits per heavy atom. The van der Waals surface area contributed by atoms with Crippen LogP contribution in [-0.2, 0) is 0 Å². The molecule has 1 rings (SSSR count). The fraction of sp³-hybridized carbons (Fsp3) is 0.857. The highest BCUT2D eigenvalue weighted by atomic mass is 14.7. The zero-order valence-corrected chi connectivity index (χ0v) is 5.72. The second kappa shape index (κ2) is 2.00. The predicted molar refractivity (Wildman–Crippen MR) is 35.5 cm³/mol. The molecule has 2 heteroatoms. The number of nitrogens with zero attached hydrogens (tertiary/aromatic N) is 1. The minimum Gasteiger partial charge on any atom is -0.313 e. The number of rotatable bonds is 1. The van der Waals surface area contributed by atoms with Crippen LogP contribution >= 0.6 is 0 Å². The van der Waals surface area contributed by atoms with Crippen LogP contribution in [0.5, 0.6) is 0 Å². The SMILES string of the molecule is CC(N)(C#N)C1CCC1. The molecule has 1 unspecified atom stereocenters. The van der Waals surface area contributed by atoms with E-state index in [0.717, 1.165) is 12.8 Å². The molecule has 2 N–H and O–H groups in total. The molecule has 0 aromatic heterocycles. The normalized spacial score (nSPS) is 25.9. The summed E-state index contributed by atoms with van der Waals surface area (Å²) in [5.41, 5.74) is 5.10. The standard InChI is InChI=1S/C7H12N2/c1-7(9,5-8)6-3-2-4-6/h6H,2-4,9H2,1H3. The lowest BCUT2D eigenvalue weighted by Gasteiger charge is -2.34. The van der Waals surface area contributed by atoms with Crippen LogP contribution in [0.4, 0.5) is 0 Å². The Labute approximate surface area is 55.7 Å². The van der Waals surface area contributed by atoms with Gasteiger partial charge in [-0.25, -0.2) is 0 Å². The second-order valence-corrected chi connectivity index (χ2v) is 3.02. The van der Waals surface area contributed by atoms with E-state index in [1.54, 1.807) is 0 Å². The summed E-state index contributed by atoms with van der Waals surface area (Å²) in [4.78, 5) is 0. The Hall–Kier alpha value is -0.550. The summed E-state index contributed by atoms with van der Waals surface area (Å²) in [6.45, 7) is 1.82. The average Bonchev–Trinajstić information content (AvgIpc) is 1.60. The maximum Gasteiger partial charge on any atom is 0.104 e. The number of hydrogen-bond donors (Lipinski definition) is 1. The molecule has 0 aromatic carbocycles. The van der Waals surface area contributed by atoms with Gasteiger partial charge in [-0.3, -0.25) is 0 Å². The summed E-state index contributed by atoms with van der Waals surface area (Å²) >= 11 is 0. The summed E-state index contributed by atoms with van der Waals surface area (Å²) in [6, 6.07) is 2.12. The molecule has 0 bridgehead atoms. The lowest BCUT2D eigenvalue weighted by atomic mass is 9.73. The van der Waals surface area contributed by atoms with E-state index < -0.39 is 5.54 Å². The second-order valence-electron chi connectivity index (χ2n) is 3.02. The Morgan fingerprint density at radius 3 is 2.33 bits per heavy atom. The number of hydrogen-bond acceptors (Lipinski definition) is 2. The van der Waals surface area contributed by atoms with Gasteiger partial charge in [-0.2, -0.15) is 5.26 Å². The maximum absolute atomic E-state index is 8.55. The highest BCUT2D eigenvalue weighted by molar-refractivity contribution is 5.07. The van der Waals surface area contributed by atoms with Gasteiger partial charge in [-0.15, -0.1) is 0 Å². The fourth-order valence-electron chi connectivity index (χ4n) is 1.10.